The summed E-state index contributed by atoms with van der Waals surface area (Å²) in [5, 5.41) is 2.12. The topological polar surface area (TPSA) is 55.8 Å². The number of aromatic nitrogens is 2. The molecule has 144 valence electrons. The maximum absolute atomic E-state index is 12.7. The Balaban J connectivity index is 1.19. The standard InChI is InChI=1S/C19H26N6OS/c26-18(24-10-6-22(7-11-24)15-17-3-1-14-27-17)16-23-8-12-25(13-9-23)19-20-4-2-5-21-19/h1-5,14H,6-13,15-16H2. The quantitative estimate of drug-likeness (QED) is 0.764. The van der Waals surface area contributed by atoms with E-state index in [9.17, 15) is 4.79 Å². The molecule has 0 N–H and O–H groups in total. The maximum atomic E-state index is 12.7. The molecule has 2 fully saturated rings. The van der Waals surface area contributed by atoms with Gasteiger partial charge in [-0.2, -0.15) is 0 Å². The Labute approximate surface area is 164 Å². The minimum atomic E-state index is 0.259. The van der Waals surface area contributed by atoms with Crippen LogP contribution in [0.1, 0.15) is 4.88 Å². The molecule has 1 amide bonds. The van der Waals surface area contributed by atoms with Crippen LogP contribution in [0.5, 0.6) is 0 Å². The molecular formula is C19H26N6OS. The van der Waals surface area contributed by atoms with Crippen molar-refractivity contribution in [2.24, 2.45) is 0 Å². The molecule has 2 aromatic rings. The molecular weight excluding hydrogens is 360 g/mol. The van der Waals surface area contributed by atoms with Gasteiger partial charge in [-0.3, -0.25) is 14.6 Å². The van der Waals surface area contributed by atoms with Crippen molar-refractivity contribution in [3.63, 3.8) is 0 Å². The van der Waals surface area contributed by atoms with Gasteiger partial charge < -0.3 is 9.80 Å². The Morgan fingerprint density at radius 1 is 0.926 bits per heavy atom. The van der Waals surface area contributed by atoms with E-state index in [0.717, 1.165) is 64.9 Å². The molecule has 7 nitrogen and oxygen atoms in total. The number of thiophene rings is 1. The molecule has 2 saturated heterocycles. The van der Waals surface area contributed by atoms with Crippen LogP contribution in [-0.4, -0.2) is 89.5 Å². The van der Waals surface area contributed by atoms with Crippen LogP contribution < -0.4 is 4.90 Å². The molecule has 0 saturated carbocycles. The van der Waals surface area contributed by atoms with Crippen LogP contribution in [0.4, 0.5) is 5.95 Å². The minimum absolute atomic E-state index is 0.259. The van der Waals surface area contributed by atoms with Crippen LogP contribution in [0.15, 0.2) is 36.0 Å². The summed E-state index contributed by atoms with van der Waals surface area (Å²) in [4.78, 5) is 31.6. The van der Waals surface area contributed by atoms with Crippen molar-refractivity contribution >= 4 is 23.2 Å². The first-order chi connectivity index (χ1) is 13.3. The predicted molar refractivity (Wildman–Crippen MR) is 107 cm³/mol. The number of amides is 1. The number of carbonyl (C=O) groups is 1. The first kappa shape index (κ1) is 18.3. The molecule has 0 radical (unpaired) electrons. The van der Waals surface area contributed by atoms with E-state index in [2.05, 4.69) is 42.2 Å². The van der Waals surface area contributed by atoms with Gasteiger partial charge in [-0.25, -0.2) is 9.97 Å². The second kappa shape index (κ2) is 8.77. The Hall–Kier alpha value is -2.03. The molecule has 0 bridgehead atoms. The van der Waals surface area contributed by atoms with Crippen molar-refractivity contribution in [2.45, 2.75) is 6.54 Å². The van der Waals surface area contributed by atoms with Crippen LogP contribution in [-0.2, 0) is 11.3 Å². The molecule has 0 spiro atoms. The highest BCUT2D eigenvalue weighted by atomic mass is 32.1. The molecule has 0 aromatic carbocycles. The van der Waals surface area contributed by atoms with Gasteiger partial charge in [0.15, 0.2) is 0 Å². The molecule has 0 unspecified atom stereocenters. The van der Waals surface area contributed by atoms with Gasteiger partial charge >= 0.3 is 0 Å². The lowest BCUT2D eigenvalue weighted by Crippen LogP contribution is -2.53. The van der Waals surface area contributed by atoms with E-state index in [0.29, 0.717) is 6.54 Å². The molecule has 8 heteroatoms. The first-order valence-corrected chi connectivity index (χ1v) is 10.4. The van der Waals surface area contributed by atoms with E-state index in [-0.39, 0.29) is 5.91 Å². The van der Waals surface area contributed by atoms with Gasteiger partial charge in [-0.15, -0.1) is 11.3 Å². The normalized spacial score (nSPS) is 19.4. The highest BCUT2D eigenvalue weighted by molar-refractivity contribution is 7.09. The third-order valence-corrected chi connectivity index (χ3v) is 6.11. The highest BCUT2D eigenvalue weighted by Gasteiger charge is 2.25. The fraction of sp³-hybridized carbons (Fsp3) is 0.526. The van der Waals surface area contributed by atoms with E-state index in [1.165, 1.54) is 4.88 Å². The summed E-state index contributed by atoms with van der Waals surface area (Å²) in [5.74, 6) is 1.04. The van der Waals surface area contributed by atoms with Gasteiger partial charge in [-0.1, -0.05) is 6.07 Å². The van der Waals surface area contributed by atoms with Gasteiger partial charge in [-0.05, 0) is 17.5 Å². The summed E-state index contributed by atoms with van der Waals surface area (Å²) in [6.07, 6.45) is 3.55. The fourth-order valence-corrected chi connectivity index (χ4v) is 4.38. The van der Waals surface area contributed by atoms with E-state index in [1.807, 2.05) is 11.0 Å². The zero-order valence-corrected chi connectivity index (χ0v) is 16.4. The average molecular weight is 387 g/mol. The second-order valence-corrected chi connectivity index (χ2v) is 8.08. The third kappa shape index (κ3) is 4.82. The zero-order chi connectivity index (χ0) is 18.5. The first-order valence-electron chi connectivity index (χ1n) is 9.55. The number of carbonyl (C=O) groups excluding carboxylic acids is 1. The van der Waals surface area contributed by atoms with Crippen molar-refractivity contribution in [3.05, 3.63) is 40.8 Å². The largest absolute Gasteiger partial charge is 0.339 e. The molecule has 4 rings (SSSR count). The Bertz CT molecular complexity index is 709. The lowest BCUT2D eigenvalue weighted by atomic mass is 10.2. The summed E-state index contributed by atoms with van der Waals surface area (Å²) >= 11 is 1.80. The van der Waals surface area contributed by atoms with E-state index >= 15 is 0 Å². The fourth-order valence-electron chi connectivity index (χ4n) is 3.63. The predicted octanol–water partition coefficient (Wildman–Crippen LogP) is 1.00. The molecule has 2 aliphatic rings. The summed E-state index contributed by atoms with van der Waals surface area (Å²) in [7, 11) is 0. The highest BCUT2D eigenvalue weighted by Crippen LogP contribution is 2.14. The summed E-state index contributed by atoms with van der Waals surface area (Å²) in [6, 6.07) is 6.12. The van der Waals surface area contributed by atoms with E-state index in [1.54, 1.807) is 23.7 Å². The Morgan fingerprint density at radius 3 is 2.30 bits per heavy atom. The Morgan fingerprint density at radius 2 is 1.63 bits per heavy atom. The smallest absolute Gasteiger partial charge is 0.236 e. The van der Waals surface area contributed by atoms with Crippen molar-refractivity contribution in [2.75, 3.05) is 63.8 Å². The number of hydrogen-bond acceptors (Lipinski definition) is 7. The SMILES string of the molecule is O=C(CN1CCN(c2ncccn2)CC1)N1CCN(Cc2cccs2)CC1. The number of rotatable bonds is 5. The van der Waals surface area contributed by atoms with Crippen LogP contribution >= 0.6 is 11.3 Å². The minimum Gasteiger partial charge on any atom is -0.339 e. The van der Waals surface area contributed by atoms with Crippen LogP contribution in [0.2, 0.25) is 0 Å². The maximum Gasteiger partial charge on any atom is 0.236 e. The molecule has 27 heavy (non-hydrogen) atoms. The lowest BCUT2D eigenvalue weighted by Gasteiger charge is -2.37. The molecule has 0 atom stereocenters. The molecule has 4 heterocycles. The van der Waals surface area contributed by atoms with Gasteiger partial charge in [0.2, 0.25) is 11.9 Å². The molecule has 2 aliphatic heterocycles. The second-order valence-electron chi connectivity index (χ2n) is 7.05. The van der Waals surface area contributed by atoms with Gasteiger partial charge in [0.25, 0.3) is 0 Å². The molecule has 2 aromatic heterocycles. The van der Waals surface area contributed by atoms with Crippen molar-refractivity contribution < 1.29 is 4.79 Å². The number of piperazine rings is 2. The number of nitrogens with zero attached hydrogens (tertiary/aromatic N) is 6. The van der Waals surface area contributed by atoms with Crippen molar-refractivity contribution in [1.29, 1.82) is 0 Å². The summed E-state index contributed by atoms with van der Waals surface area (Å²) in [5.41, 5.74) is 0. The van der Waals surface area contributed by atoms with Gasteiger partial charge in [0.1, 0.15) is 0 Å². The summed E-state index contributed by atoms with van der Waals surface area (Å²) in [6.45, 7) is 8.61. The van der Waals surface area contributed by atoms with Crippen molar-refractivity contribution in [3.8, 4) is 0 Å². The van der Waals surface area contributed by atoms with Crippen molar-refractivity contribution in [1.82, 2.24) is 24.7 Å². The summed E-state index contributed by atoms with van der Waals surface area (Å²) < 4.78 is 0. The van der Waals surface area contributed by atoms with Crippen LogP contribution in [0.3, 0.4) is 0 Å². The Kier molecular flexibility index (Phi) is 5.96. The third-order valence-electron chi connectivity index (χ3n) is 5.25. The number of hydrogen-bond donors (Lipinski definition) is 0. The van der Waals surface area contributed by atoms with Crippen LogP contribution in [0.25, 0.3) is 0 Å². The van der Waals surface area contributed by atoms with E-state index in [4.69, 9.17) is 0 Å². The number of anilines is 1. The van der Waals surface area contributed by atoms with Crippen LogP contribution in [0, 0.1) is 0 Å². The zero-order valence-electron chi connectivity index (χ0n) is 15.5. The van der Waals surface area contributed by atoms with E-state index < -0.39 is 0 Å². The van der Waals surface area contributed by atoms with Gasteiger partial charge in [0.05, 0.1) is 6.54 Å². The lowest BCUT2D eigenvalue weighted by molar-refractivity contribution is -0.134. The average Bonchev–Trinajstić information content (AvgIpc) is 3.23. The van der Waals surface area contributed by atoms with Gasteiger partial charge in [0, 0.05) is 76.2 Å². The molecule has 0 aliphatic carbocycles. The monoisotopic (exact) mass is 386 g/mol.